The van der Waals surface area contributed by atoms with Gasteiger partial charge in [0.2, 0.25) is 27.7 Å². The summed E-state index contributed by atoms with van der Waals surface area (Å²) in [6, 6.07) is 23.9. The van der Waals surface area contributed by atoms with Crippen LogP contribution in [0.25, 0.3) is 11.1 Å². The molecule has 0 spiro atoms. The monoisotopic (exact) mass is 915 g/mol. The molecule has 0 radical (unpaired) electrons. The van der Waals surface area contributed by atoms with Gasteiger partial charge in [0.1, 0.15) is 11.8 Å². The average molecular weight is 916 g/mol. The number of aryl methyl sites for hydroxylation is 1. The summed E-state index contributed by atoms with van der Waals surface area (Å²) in [4.78, 5) is 65.0. The van der Waals surface area contributed by atoms with E-state index in [-0.39, 0.29) is 53.3 Å². The van der Waals surface area contributed by atoms with Crippen LogP contribution in [0, 0.1) is 24.7 Å². The molecule has 5 amide bonds. The summed E-state index contributed by atoms with van der Waals surface area (Å²) in [6.45, 7) is 2.58. The highest BCUT2D eigenvalue weighted by Crippen LogP contribution is 2.49. The molecule has 4 N–H and O–H groups in total. The number of sulfonamides is 1. The van der Waals surface area contributed by atoms with E-state index in [9.17, 15) is 37.5 Å². The van der Waals surface area contributed by atoms with Crippen molar-refractivity contribution < 1.29 is 42.2 Å². The molecule has 1 saturated carbocycles. The molecule has 66 heavy (non-hydrogen) atoms. The third kappa shape index (κ3) is 9.12. The first-order chi connectivity index (χ1) is 31.9. The number of ether oxygens (including phenoxy) is 1. The zero-order chi connectivity index (χ0) is 46.1. The number of hydrogen-bond acceptors (Lipinski definition) is 10. The number of rotatable bonds is 15. The second kappa shape index (κ2) is 19.1. The van der Waals surface area contributed by atoms with Gasteiger partial charge in [-0.3, -0.25) is 34.2 Å². The molecule has 4 aliphatic heterocycles. The lowest BCUT2D eigenvalue weighted by atomic mass is 9.78. The Morgan fingerprint density at radius 2 is 1.56 bits per heavy atom. The van der Waals surface area contributed by atoms with Gasteiger partial charge in [0, 0.05) is 36.7 Å². The van der Waals surface area contributed by atoms with Crippen molar-refractivity contribution in [3.05, 3.63) is 107 Å². The number of carbonyl (C=O) groups excluding carboxylic acids is 5. The maximum atomic E-state index is 14.0. The van der Waals surface area contributed by atoms with Crippen LogP contribution in [0.3, 0.4) is 0 Å². The van der Waals surface area contributed by atoms with Crippen LogP contribution in [-0.4, -0.2) is 84.1 Å². The molecule has 346 valence electrons. The van der Waals surface area contributed by atoms with Crippen LogP contribution in [0.5, 0.6) is 5.75 Å². The van der Waals surface area contributed by atoms with Crippen LogP contribution in [0.4, 0.5) is 11.4 Å². The number of fused-ring (bicyclic) bond motifs is 4. The Bertz CT molecular complexity index is 2650. The first-order valence-corrected chi connectivity index (χ1v) is 24.8. The summed E-state index contributed by atoms with van der Waals surface area (Å²) in [5.41, 5.74) is 5.55. The third-order valence-electron chi connectivity index (χ3n) is 14.4. The third-order valence-corrected chi connectivity index (χ3v) is 16.3. The number of carbonyl (C=O) groups is 5. The van der Waals surface area contributed by atoms with Gasteiger partial charge >= 0.3 is 0 Å². The Labute approximate surface area is 385 Å². The van der Waals surface area contributed by atoms with E-state index in [2.05, 4.69) is 16.0 Å². The zero-order valence-corrected chi connectivity index (χ0v) is 38.0. The number of hydrogen-bond donors (Lipinski definition) is 4. The van der Waals surface area contributed by atoms with Gasteiger partial charge in [0.15, 0.2) is 0 Å². The number of aliphatic hydroxyl groups excluding tert-OH is 1. The highest BCUT2D eigenvalue weighted by molar-refractivity contribution is 7.89. The molecule has 0 aromatic heterocycles. The molecule has 4 atom stereocenters. The maximum Gasteiger partial charge on any atom is 0.266 e. The fraction of sp³-hybridized carbons (Fsp3) is 0.431. The molecule has 15 heteroatoms. The van der Waals surface area contributed by atoms with Crippen LogP contribution < -0.4 is 20.7 Å². The van der Waals surface area contributed by atoms with E-state index in [0.717, 1.165) is 84.2 Å². The molecule has 2 saturated heterocycles. The Balaban J connectivity index is 0.731. The van der Waals surface area contributed by atoms with Crippen molar-refractivity contribution in [2.45, 2.75) is 107 Å². The summed E-state index contributed by atoms with van der Waals surface area (Å²) in [7, 11) is -3.80. The van der Waals surface area contributed by atoms with Gasteiger partial charge in [-0.1, -0.05) is 67.6 Å². The smallest absolute Gasteiger partial charge is 0.266 e. The number of nitrogens with zero attached hydrogens (tertiary/aromatic N) is 2. The van der Waals surface area contributed by atoms with Gasteiger partial charge in [-0.25, -0.2) is 8.42 Å². The maximum absolute atomic E-state index is 14.0. The molecule has 1 aliphatic carbocycles. The standard InChI is InChI=1S/C51H57N5O9S/c1-31-13-20-37(21-14-31)66(63,64)55-26-25-38-42(30-57)53-41-22-19-35(29-40(41)48(38)55)34-8-3-9-36(28-34)52-45(58)12-2-6-32-15-17-33(18-16-32)7-5-27-65-44-11-4-10-39-47(44)51(62)56(50(39)61)43-23-24-46(59)54-49(43)60/h3-4,8-11,13-14,19-22,28-29,32-33,38,42-43,48,53,57H,2,5-7,12,15-18,23-27,30H2,1H3,(H,52,58)(H,54,59,60)/t32?,33?,38-,42+,43?,48-/m1/s1. The van der Waals surface area contributed by atoms with Gasteiger partial charge in [0.05, 0.1) is 41.3 Å². The van der Waals surface area contributed by atoms with E-state index < -0.39 is 45.7 Å². The predicted octanol–water partition coefficient (Wildman–Crippen LogP) is 7.38. The lowest BCUT2D eigenvalue weighted by Crippen LogP contribution is -2.54. The van der Waals surface area contributed by atoms with Crippen LogP contribution in [-0.2, 0) is 24.4 Å². The van der Waals surface area contributed by atoms with E-state index in [1.807, 2.05) is 61.5 Å². The van der Waals surface area contributed by atoms with Gasteiger partial charge < -0.3 is 20.5 Å². The van der Waals surface area contributed by atoms with Gasteiger partial charge in [-0.05, 0) is 123 Å². The number of piperidine rings is 1. The highest BCUT2D eigenvalue weighted by atomic mass is 32.2. The molecule has 9 rings (SSSR count). The first-order valence-electron chi connectivity index (χ1n) is 23.4. The molecule has 14 nitrogen and oxygen atoms in total. The topological polar surface area (TPSA) is 192 Å². The lowest BCUT2D eigenvalue weighted by molar-refractivity contribution is -0.136. The van der Waals surface area contributed by atoms with Gasteiger partial charge in [0.25, 0.3) is 11.8 Å². The van der Waals surface area contributed by atoms with Crippen LogP contribution >= 0.6 is 0 Å². The SMILES string of the molecule is Cc1ccc(S(=O)(=O)N2CC[C@@H]3[C@H](CO)Nc4ccc(-c5cccc(NC(=O)CCCC6CCC(CCCOc7cccc8c7C(=O)N(C7CCC(=O)NC7=O)C8=O)CC6)c5)cc4[C@@H]32)cc1. The summed E-state index contributed by atoms with van der Waals surface area (Å²) in [5.74, 6) is -0.836. The van der Waals surface area contributed by atoms with Crippen molar-refractivity contribution in [1.82, 2.24) is 14.5 Å². The van der Waals surface area contributed by atoms with E-state index in [1.54, 1.807) is 34.6 Å². The predicted molar refractivity (Wildman–Crippen MR) is 248 cm³/mol. The van der Waals surface area contributed by atoms with E-state index >= 15 is 0 Å². The summed E-state index contributed by atoms with van der Waals surface area (Å²) < 4.78 is 35.7. The van der Waals surface area contributed by atoms with Crippen LogP contribution in [0.15, 0.2) is 89.8 Å². The molecular weight excluding hydrogens is 859 g/mol. The van der Waals surface area contributed by atoms with Crippen molar-refractivity contribution in [2.24, 2.45) is 17.8 Å². The average Bonchev–Trinajstić information content (AvgIpc) is 3.88. The number of imide groups is 2. The fourth-order valence-corrected chi connectivity index (χ4v) is 12.5. The lowest BCUT2D eigenvalue weighted by Gasteiger charge is -2.39. The zero-order valence-electron chi connectivity index (χ0n) is 37.2. The Morgan fingerprint density at radius 1 is 0.833 bits per heavy atom. The van der Waals surface area contributed by atoms with Gasteiger partial charge in [-0.15, -0.1) is 0 Å². The molecule has 5 aliphatic rings. The summed E-state index contributed by atoms with van der Waals surface area (Å²) in [6.07, 6.45) is 9.24. The van der Waals surface area contributed by atoms with Crippen LogP contribution in [0.2, 0.25) is 0 Å². The Morgan fingerprint density at radius 3 is 2.30 bits per heavy atom. The number of anilines is 2. The number of benzene rings is 4. The molecule has 4 heterocycles. The second-order valence-corrected chi connectivity index (χ2v) is 20.5. The normalized spacial score (nSPS) is 24.0. The Hall–Kier alpha value is -5.90. The van der Waals surface area contributed by atoms with E-state index in [4.69, 9.17) is 4.74 Å². The van der Waals surface area contributed by atoms with E-state index in [1.165, 1.54) is 0 Å². The van der Waals surface area contributed by atoms with Crippen molar-refractivity contribution in [3.63, 3.8) is 0 Å². The molecular formula is C51H57N5O9S. The van der Waals surface area contributed by atoms with Crippen molar-refractivity contribution in [1.29, 1.82) is 0 Å². The number of aliphatic hydroxyl groups is 1. The molecule has 0 bridgehead atoms. The van der Waals surface area contributed by atoms with E-state index in [0.29, 0.717) is 49.3 Å². The second-order valence-electron chi connectivity index (χ2n) is 18.6. The van der Waals surface area contributed by atoms with Crippen molar-refractivity contribution >= 4 is 50.9 Å². The minimum Gasteiger partial charge on any atom is -0.493 e. The van der Waals surface area contributed by atoms with Crippen molar-refractivity contribution in [3.8, 4) is 16.9 Å². The fourth-order valence-electron chi connectivity index (χ4n) is 10.8. The molecule has 4 aromatic rings. The number of amides is 5. The Kier molecular flexibility index (Phi) is 13.1. The molecule has 3 fully saturated rings. The summed E-state index contributed by atoms with van der Waals surface area (Å²) >= 11 is 0. The minimum atomic E-state index is -3.80. The van der Waals surface area contributed by atoms with Crippen molar-refractivity contribution in [2.75, 3.05) is 30.4 Å². The molecule has 1 unspecified atom stereocenters. The highest BCUT2D eigenvalue weighted by Gasteiger charge is 2.49. The van der Waals surface area contributed by atoms with Crippen LogP contribution in [0.1, 0.15) is 115 Å². The van der Waals surface area contributed by atoms with Gasteiger partial charge in [-0.2, -0.15) is 4.31 Å². The molecule has 4 aromatic carbocycles. The quantitative estimate of drug-likeness (QED) is 0.0692. The largest absolute Gasteiger partial charge is 0.493 e. The summed E-state index contributed by atoms with van der Waals surface area (Å²) in [5, 5.41) is 19.1. The number of nitrogens with one attached hydrogen (secondary N) is 3. The first kappa shape index (κ1) is 45.3. The minimum absolute atomic E-state index is 0.0323.